The number of hydrogen-bond acceptors (Lipinski definition) is 3. The normalized spacial score (nSPS) is 22.5. The minimum Gasteiger partial charge on any atom is -0.359 e. The summed E-state index contributed by atoms with van der Waals surface area (Å²) in [5.41, 5.74) is 1.29. The number of carbonyl (C=O) groups excluding carboxylic acids is 3. The number of aryl methyl sites for hydroxylation is 1. The lowest BCUT2D eigenvalue weighted by Crippen LogP contribution is -2.42. The van der Waals surface area contributed by atoms with Crippen LogP contribution in [0.4, 0.5) is 4.79 Å². The predicted octanol–water partition coefficient (Wildman–Crippen LogP) is 1.59. The molecule has 1 aliphatic carbocycles. The van der Waals surface area contributed by atoms with Crippen LogP contribution in [0.3, 0.4) is 0 Å². The Hall–Kier alpha value is -2.89. The maximum absolute atomic E-state index is 12.9. The van der Waals surface area contributed by atoms with E-state index in [1.807, 2.05) is 24.3 Å². The summed E-state index contributed by atoms with van der Waals surface area (Å²) < 4.78 is 0. The van der Waals surface area contributed by atoms with E-state index < -0.39 is 11.6 Å². The smallest absolute Gasteiger partial charge is 0.325 e. The van der Waals surface area contributed by atoms with Crippen molar-refractivity contribution in [2.45, 2.75) is 18.4 Å². The Balaban J connectivity index is 1.64. The minimum absolute atomic E-state index is 0.255. The van der Waals surface area contributed by atoms with Crippen molar-refractivity contribution in [3.8, 4) is 0 Å². The largest absolute Gasteiger partial charge is 0.359 e. The number of hydrogen-bond donors (Lipinski definition) is 2. The zero-order valence-corrected chi connectivity index (χ0v) is 12.3. The fourth-order valence-electron chi connectivity index (χ4n) is 3.47. The van der Waals surface area contributed by atoms with Crippen molar-refractivity contribution in [1.82, 2.24) is 15.2 Å². The van der Waals surface area contributed by atoms with Crippen LogP contribution in [0.25, 0.3) is 0 Å². The molecule has 2 aliphatic rings. The molecule has 1 saturated heterocycles. The molecular weight excluding hydrogens is 294 g/mol. The SMILES string of the molecule is O=C(CN1C(=O)NC2(CCc3ccccc32)C1=O)c1ccc[nH]1. The van der Waals surface area contributed by atoms with Crippen LogP contribution in [-0.4, -0.2) is 34.2 Å². The first-order chi connectivity index (χ1) is 11.1. The number of aromatic amines is 1. The number of imide groups is 1. The molecule has 1 atom stereocenters. The molecule has 0 radical (unpaired) electrons. The molecule has 1 aromatic heterocycles. The predicted molar refractivity (Wildman–Crippen MR) is 81.8 cm³/mol. The van der Waals surface area contributed by atoms with Crippen LogP contribution in [0.15, 0.2) is 42.6 Å². The van der Waals surface area contributed by atoms with Crippen LogP contribution >= 0.6 is 0 Å². The molecule has 6 heteroatoms. The first-order valence-electron chi connectivity index (χ1n) is 7.51. The topological polar surface area (TPSA) is 82.3 Å². The Morgan fingerprint density at radius 1 is 1.17 bits per heavy atom. The maximum atomic E-state index is 12.9. The lowest BCUT2D eigenvalue weighted by Gasteiger charge is -2.22. The zero-order valence-electron chi connectivity index (χ0n) is 12.3. The summed E-state index contributed by atoms with van der Waals surface area (Å²) in [7, 11) is 0. The fraction of sp³-hybridized carbons (Fsp3) is 0.235. The number of amides is 3. The van der Waals surface area contributed by atoms with Gasteiger partial charge < -0.3 is 10.3 Å². The van der Waals surface area contributed by atoms with Gasteiger partial charge in [0.1, 0.15) is 5.54 Å². The number of fused-ring (bicyclic) bond motifs is 2. The highest BCUT2D eigenvalue weighted by Gasteiger charge is 2.55. The van der Waals surface area contributed by atoms with Gasteiger partial charge in [-0.3, -0.25) is 14.5 Å². The van der Waals surface area contributed by atoms with Crippen molar-refractivity contribution in [3.63, 3.8) is 0 Å². The quantitative estimate of drug-likeness (QED) is 0.667. The van der Waals surface area contributed by atoms with Crippen molar-refractivity contribution in [2.24, 2.45) is 0 Å². The Morgan fingerprint density at radius 2 is 2.00 bits per heavy atom. The molecule has 3 amide bonds. The van der Waals surface area contributed by atoms with Gasteiger partial charge in [0, 0.05) is 6.20 Å². The van der Waals surface area contributed by atoms with Crippen LogP contribution in [0, 0.1) is 0 Å². The third-order valence-electron chi connectivity index (χ3n) is 4.62. The van der Waals surface area contributed by atoms with Gasteiger partial charge in [-0.05, 0) is 36.1 Å². The van der Waals surface area contributed by atoms with Gasteiger partial charge in [0.2, 0.25) is 0 Å². The summed E-state index contributed by atoms with van der Waals surface area (Å²) in [4.78, 5) is 41.2. The van der Waals surface area contributed by atoms with Gasteiger partial charge >= 0.3 is 6.03 Å². The fourth-order valence-corrected chi connectivity index (χ4v) is 3.47. The van der Waals surface area contributed by atoms with Gasteiger partial charge in [0.25, 0.3) is 5.91 Å². The van der Waals surface area contributed by atoms with Crippen molar-refractivity contribution in [1.29, 1.82) is 0 Å². The first kappa shape index (κ1) is 13.8. The highest BCUT2D eigenvalue weighted by molar-refractivity contribution is 6.11. The minimum atomic E-state index is -1.01. The molecule has 1 aliphatic heterocycles. The van der Waals surface area contributed by atoms with E-state index in [4.69, 9.17) is 0 Å². The molecule has 0 saturated carbocycles. The van der Waals surface area contributed by atoms with Crippen LogP contribution in [0.2, 0.25) is 0 Å². The number of ketones is 1. The van der Waals surface area contributed by atoms with Gasteiger partial charge in [-0.1, -0.05) is 24.3 Å². The molecule has 2 aromatic rings. The maximum Gasteiger partial charge on any atom is 0.325 e. The number of nitrogens with one attached hydrogen (secondary N) is 2. The average molecular weight is 309 g/mol. The summed E-state index contributed by atoms with van der Waals surface area (Å²) in [6.45, 7) is -0.255. The van der Waals surface area contributed by atoms with Gasteiger partial charge in [-0.15, -0.1) is 0 Å². The number of carbonyl (C=O) groups is 3. The van der Waals surface area contributed by atoms with Gasteiger partial charge in [-0.25, -0.2) is 4.79 Å². The Kier molecular flexibility index (Phi) is 2.87. The van der Waals surface area contributed by atoms with Crippen LogP contribution < -0.4 is 5.32 Å². The summed E-state index contributed by atoms with van der Waals surface area (Å²) in [5, 5.41) is 2.81. The second-order valence-corrected chi connectivity index (χ2v) is 5.89. The summed E-state index contributed by atoms with van der Waals surface area (Å²) in [5.74, 6) is -0.630. The summed E-state index contributed by atoms with van der Waals surface area (Å²) >= 11 is 0. The van der Waals surface area contributed by atoms with E-state index in [1.54, 1.807) is 18.3 Å². The van der Waals surface area contributed by atoms with Gasteiger partial charge in [0.15, 0.2) is 5.78 Å². The average Bonchev–Trinajstić information content (AvgIpc) is 3.25. The van der Waals surface area contributed by atoms with Gasteiger partial charge in [0.05, 0.1) is 12.2 Å². The van der Waals surface area contributed by atoms with E-state index in [0.717, 1.165) is 22.4 Å². The van der Waals surface area contributed by atoms with E-state index in [-0.39, 0.29) is 18.2 Å². The van der Waals surface area contributed by atoms with Gasteiger partial charge in [-0.2, -0.15) is 0 Å². The molecule has 2 N–H and O–H groups in total. The molecule has 1 spiro atoms. The lowest BCUT2D eigenvalue weighted by molar-refractivity contribution is -0.131. The third kappa shape index (κ3) is 1.91. The number of nitrogens with zero attached hydrogens (tertiary/aromatic N) is 1. The molecule has 23 heavy (non-hydrogen) atoms. The van der Waals surface area contributed by atoms with E-state index in [9.17, 15) is 14.4 Å². The lowest BCUT2D eigenvalue weighted by atomic mass is 9.92. The monoisotopic (exact) mass is 309 g/mol. The highest BCUT2D eigenvalue weighted by Crippen LogP contribution is 2.41. The second-order valence-electron chi connectivity index (χ2n) is 5.89. The van der Waals surface area contributed by atoms with Crippen LogP contribution in [0.1, 0.15) is 28.0 Å². The molecule has 2 heterocycles. The number of H-pyrrole nitrogens is 1. The Labute approximate surface area is 132 Å². The third-order valence-corrected chi connectivity index (χ3v) is 4.62. The number of urea groups is 1. The van der Waals surface area contributed by atoms with Crippen molar-refractivity contribution in [3.05, 3.63) is 59.4 Å². The summed E-state index contributed by atoms with van der Waals surface area (Å²) in [6, 6.07) is 10.4. The van der Waals surface area contributed by atoms with Crippen molar-refractivity contribution < 1.29 is 14.4 Å². The molecule has 0 bridgehead atoms. The van der Waals surface area contributed by atoms with Crippen LogP contribution in [-0.2, 0) is 16.8 Å². The van der Waals surface area contributed by atoms with E-state index in [2.05, 4.69) is 10.3 Å². The summed E-state index contributed by atoms with van der Waals surface area (Å²) in [6.07, 6.45) is 2.90. The van der Waals surface area contributed by atoms with E-state index in [0.29, 0.717) is 12.1 Å². The highest BCUT2D eigenvalue weighted by atomic mass is 16.2. The number of rotatable bonds is 3. The number of aromatic nitrogens is 1. The molecular formula is C17H15N3O3. The van der Waals surface area contributed by atoms with Crippen LogP contribution in [0.5, 0.6) is 0 Å². The zero-order chi connectivity index (χ0) is 16.0. The Morgan fingerprint density at radius 3 is 2.78 bits per heavy atom. The van der Waals surface area contributed by atoms with E-state index in [1.165, 1.54) is 0 Å². The molecule has 4 rings (SSSR count). The number of Topliss-reactive ketones (excluding diaryl/α,β-unsaturated/α-hetero) is 1. The standard InChI is InChI=1S/C17H15N3O3/c21-14(13-6-3-9-18-13)10-20-15(22)17(19-16(20)23)8-7-11-4-1-2-5-12(11)17/h1-6,9,18H,7-8,10H2,(H,19,23). The van der Waals surface area contributed by atoms with Crippen molar-refractivity contribution in [2.75, 3.05) is 6.54 Å². The molecule has 6 nitrogen and oxygen atoms in total. The molecule has 1 unspecified atom stereocenters. The second kappa shape index (κ2) is 4.81. The Bertz CT molecular complexity index is 812. The molecule has 1 aromatic carbocycles. The van der Waals surface area contributed by atoms with E-state index >= 15 is 0 Å². The number of benzene rings is 1. The first-order valence-corrected chi connectivity index (χ1v) is 7.51. The molecule has 116 valence electrons. The van der Waals surface area contributed by atoms with Crippen molar-refractivity contribution >= 4 is 17.7 Å². The molecule has 1 fully saturated rings.